The molecule has 0 aromatic heterocycles. The molecule has 0 fully saturated rings. The Morgan fingerprint density at radius 3 is 2.44 bits per heavy atom. The molecule has 0 heterocycles. The van der Waals surface area contributed by atoms with Crippen molar-refractivity contribution in [3.05, 3.63) is 71.2 Å². The molecule has 0 saturated heterocycles. The lowest BCUT2D eigenvalue weighted by atomic mass is 10.1. The van der Waals surface area contributed by atoms with Gasteiger partial charge in [-0.1, -0.05) is 54.1 Å². The van der Waals surface area contributed by atoms with Crippen LogP contribution in [0.25, 0.3) is 10.8 Å². The first-order chi connectivity index (χ1) is 12.8. The monoisotopic (exact) mass is 402 g/mol. The van der Waals surface area contributed by atoms with Crippen molar-refractivity contribution in [3.63, 3.8) is 0 Å². The minimum atomic E-state index is -3.67. The maximum absolute atomic E-state index is 12.6. The zero-order valence-corrected chi connectivity index (χ0v) is 16.5. The van der Waals surface area contributed by atoms with Crippen LogP contribution < -0.4 is 9.62 Å². The first-order valence-corrected chi connectivity index (χ1v) is 10.5. The van der Waals surface area contributed by atoms with E-state index in [1.165, 1.54) is 0 Å². The molecule has 0 saturated carbocycles. The summed E-state index contributed by atoms with van der Waals surface area (Å²) in [5, 5.41) is 4.93. The number of carbonyl (C=O) groups excluding carboxylic acids is 1. The summed E-state index contributed by atoms with van der Waals surface area (Å²) in [6, 6.07) is 18.0. The highest BCUT2D eigenvalue weighted by Gasteiger charge is 2.23. The molecule has 0 aliphatic rings. The lowest BCUT2D eigenvalue weighted by Crippen LogP contribution is -2.37. The van der Waals surface area contributed by atoms with E-state index < -0.39 is 15.9 Å². The van der Waals surface area contributed by atoms with Crippen LogP contribution >= 0.6 is 11.6 Å². The molecule has 0 bridgehead atoms. The number of hydrogen-bond acceptors (Lipinski definition) is 3. The number of benzene rings is 3. The summed E-state index contributed by atoms with van der Waals surface area (Å²) in [6.07, 6.45) is 1.09. The van der Waals surface area contributed by atoms with Gasteiger partial charge in [-0.05, 0) is 36.1 Å². The summed E-state index contributed by atoms with van der Waals surface area (Å²) in [5.41, 5.74) is 1.75. The van der Waals surface area contributed by atoms with E-state index in [9.17, 15) is 13.2 Å². The van der Waals surface area contributed by atoms with Gasteiger partial charge in [0.1, 0.15) is 6.54 Å². The molecule has 140 valence electrons. The number of nitrogens with one attached hydrogen (secondary N) is 1. The average Bonchev–Trinajstić information content (AvgIpc) is 2.62. The molecule has 3 rings (SSSR count). The van der Waals surface area contributed by atoms with Crippen LogP contribution in [0, 0.1) is 6.92 Å². The van der Waals surface area contributed by atoms with Gasteiger partial charge in [0.05, 0.1) is 11.9 Å². The highest BCUT2D eigenvalue weighted by Crippen LogP contribution is 2.28. The Balaban J connectivity index is 1.95. The molecule has 1 amide bonds. The van der Waals surface area contributed by atoms with Crippen LogP contribution in [0.4, 0.5) is 11.4 Å². The Kier molecular flexibility index (Phi) is 5.39. The number of nitrogens with zero attached hydrogens (tertiary/aromatic N) is 1. The number of carbonyl (C=O) groups is 1. The van der Waals surface area contributed by atoms with Crippen molar-refractivity contribution in [2.24, 2.45) is 0 Å². The van der Waals surface area contributed by atoms with Crippen molar-refractivity contribution in [2.75, 3.05) is 22.4 Å². The molecule has 0 aliphatic carbocycles. The Labute approximate surface area is 163 Å². The molecule has 0 aliphatic heterocycles. The van der Waals surface area contributed by atoms with Crippen LogP contribution in [-0.2, 0) is 14.8 Å². The quantitative estimate of drug-likeness (QED) is 0.695. The SMILES string of the molecule is Cc1c(Cl)cccc1NC(=O)CN(c1cccc2ccccc12)S(C)(=O)=O. The fourth-order valence-electron chi connectivity index (χ4n) is 2.87. The zero-order chi connectivity index (χ0) is 19.6. The number of halogens is 1. The standard InChI is InChI=1S/C20H19ClN2O3S/c1-14-17(21)10-6-11-18(14)22-20(24)13-23(27(2,25)26)19-12-5-8-15-7-3-4-9-16(15)19/h3-12H,13H2,1-2H3,(H,22,24). The molecular weight excluding hydrogens is 384 g/mol. The molecule has 0 unspecified atom stereocenters. The minimum absolute atomic E-state index is 0.335. The second-order valence-electron chi connectivity index (χ2n) is 6.23. The maximum atomic E-state index is 12.6. The van der Waals surface area contributed by atoms with Gasteiger partial charge in [-0.25, -0.2) is 8.42 Å². The molecule has 0 spiro atoms. The molecule has 5 nitrogen and oxygen atoms in total. The Bertz CT molecular complexity index is 1110. The summed E-state index contributed by atoms with van der Waals surface area (Å²) in [4.78, 5) is 12.6. The van der Waals surface area contributed by atoms with Gasteiger partial charge in [0, 0.05) is 16.1 Å². The first kappa shape index (κ1) is 19.2. The van der Waals surface area contributed by atoms with Crippen LogP contribution in [0.1, 0.15) is 5.56 Å². The van der Waals surface area contributed by atoms with Gasteiger partial charge in [0.15, 0.2) is 0 Å². The molecule has 1 N–H and O–H groups in total. The van der Waals surface area contributed by atoms with Gasteiger partial charge in [-0.15, -0.1) is 0 Å². The summed E-state index contributed by atoms with van der Waals surface area (Å²) >= 11 is 6.08. The maximum Gasteiger partial charge on any atom is 0.245 e. The predicted octanol–water partition coefficient (Wildman–Crippen LogP) is 4.21. The second kappa shape index (κ2) is 7.58. The lowest BCUT2D eigenvalue weighted by Gasteiger charge is -2.23. The van der Waals surface area contributed by atoms with E-state index in [1.807, 2.05) is 30.3 Å². The van der Waals surface area contributed by atoms with E-state index in [4.69, 9.17) is 11.6 Å². The van der Waals surface area contributed by atoms with E-state index in [-0.39, 0.29) is 6.54 Å². The van der Waals surface area contributed by atoms with Gasteiger partial charge < -0.3 is 5.32 Å². The number of amides is 1. The van der Waals surface area contributed by atoms with Crippen molar-refractivity contribution < 1.29 is 13.2 Å². The van der Waals surface area contributed by atoms with Gasteiger partial charge in [0.2, 0.25) is 15.9 Å². The van der Waals surface area contributed by atoms with E-state index in [1.54, 1.807) is 37.3 Å². The first-order valence-electron chi connectivity index (χ1n) is 8.28. The molecule has 3 aromatic carbocycles. The summed E-state index contributed by atoms with van der Waals surface area (Å²) in [7, 11) is -3.67. The van der Waals surface area contributed by atoms with Crippen LogP contribution in [0.3, 0.4) is 0 Å². The topological polar surface area (TPSA) is 66.5 Å². The summed E-state index contributed by atoms with van der Waals surface area (Å²) in [6.45, 7) is 1.45. The summed E-state index contributed by atoms with van der Waals surface area (Å²) < 4.78 is 25.9. The third-order valence-corrected chi connectivity index (χ3v) is 5.80. The lowest BCUT2D eigenvalue weighted by molar-refractivity contribution is -0.114. The summed E-state index contributed by atoms with van der Waals surface area (Å²) in [5.74, 6) is -0.446. The molecule has 0 atom stereocenters. The van der Waals surface area contributed by atoms with Crippen LogP contribution in [0.2, 0.25) is 5.02 Å². The Morgan fingerprint density at radius 2 is 1.70 bits per heavy atom. The van der Waals surface area contributed by atoms with Crippen LogP contribution in [0.15, 0.2) is 60.7 Å². The second-order valence-corrected chi connectivity index (χ2v) is 8.54. The number of hydrogen-bond donors (Lipinski definition) is 1. The number of anilines is 2. The van der Waals surface area contributed by atoms with E-state index in [2.05, 4.69) is 5.32 Å². The van der Waals surface area contributed by atoms with Crippen molar-refractivity contribution >= 4 is 49.7 Å². The fourth-order valence-corrected chi connectivity index (χ4v) is 3.91. The van der Waals surface area contributed by atoms with E-state index in [0.29, 0.717) is 16.4 Å². The molecule has 3 aromatic rings. The van der Waals surface area contributed by atoms with E-state index in [0.717, 1.165) is 26.9 Å². The van der Waals surface area contributed by atoms with Gasteiger partial charge in [0.25, 0.3) is 0 Å². The number of rotatable bonds is 5. The third-order valence-electron chi connectivity index (χ3n) is 4.26. The molecule has 0 radical (unpaired) electrons. The van der Waals surface area contributed by atoms with E-state index >= 15 is 0 Å². The zero-order valence-electron chi connectivity index (χ0n) is 14.9. The molecular formula is C20H19ClN2O3S. The predicted molar refractivity (Wildman–Crippen MR) is 111 cm³/mol. The Hall–Kier alpha value is -2.57. The smallest absolute Gasteiger partial charge is 0.245 e. The highest BCUT2D eigenvalue weighted by molar-refractivity contribution is 7.92. The van der Waals surface area contributed by atoms with Crippen LogP contribution in [-0.4, -0.2) is 27.1 Å². The van der Waals surface area contributed by atoms with Crippen molar-refractivity contribution in [1.29, 1.82) is 0 Å². The van der Waals surface area contributed by atoms with Gasteiger partial charge >= 0.3 is 0 Å². The van der Waals surface area contributed by atoms with Crippen LogP contribution in [0.5, 0.6) is 0 Å². The number of sulfonamides is 1. The van der Waals surface area contributed by atoms with Gasteiger partial charge in [-0.2, -0.15) is 0 Å². The Morgan fingerprint density at radius 1 is 1.04 bits per heavy atom. The molecule has 27 heavy (non-hydrogen) atoms. The van der Waals surface area contributed by atoms with Gasteiger partial charge in [-0.3, -0.25) is 9.10 Å². The molecule has 7 heteroatoms. The minimum Gasteiger partial charge on any atom is -0.324 e. The third kappa shape index (κ3) is 4.23. The fraction of sp³-hybridized carbons (Fsp3) is 0.150. The van der Waals surface area contributed by atoms with Crippen molar-refractivity contribution in [1.82, 2.24) is 0 Å². The van der Waals surface area contributed by atoms with Crippen molar-refractivity contribution in [3.8, 4) is 0 Å². The number of fused-ring (bicyclic) bond motifs is 1. The van der Waals surface area contributed by atoms with Crippen molar-refractivity contribution in [2.45, 2.75) is 6.92 Å². The highest BCUT2D eigenvalue weighted by atomic mass is 35.5. The normalized spacial score (nSPS) is 11.4. The average molecular weight is 403 g/mol. The largest absolute Gasteiger partial charge is 0.324 e.